The summed E-state index contributed by atoms with van der Waals surface area (Å²) in [5.74, 6) is 0. The second-order valence-corrected chi connectivity index (χ2v) is 5.95. The van der Waals surface area contributed by atoms with Crippen LogP contribution < -0.4 is 5.32 Å². The number of anilines is 1. The van der Waals surface area contributed by atoms with Crippen molar-refractivity contribution >= 4 is 15.8 Å². The number of pyridine rings is 1. The topological polar surface area (TPSA) is 99.5 Å². The highest BCUT2D eigenvalue weighted by Crippen LogP contribution is 2.20. The second-order valence-electron chi connectivity index (χ2n) is 4.56. The molecular formula is C14H16N2O4S. The largest absolute Gasteiger partial charge is 0.394 e. The molecule has 1 heterocycles. The molecule has 0 aliphatic carbocycles. The van der Waals surface area contributed by atoms with Gasteiger partial charge in [-0.1, -0.05) is 30.3 Å². The average molecular weight is 308 g/mol. The van der Waals surface area contributed by atoms with E-state index < -0.39 is 10.1 Å². The van der Waals surface area contributed by atoms with Gasteiger partial charge in [0.15, 0.2) is 0 Å². The smallest absolute Gasteiger partial charge is 0.298 e. The van der Waals surface area contributed by atoms with Crippen molar-refractivity contribution in [2.75, 3.05) is 11.9 Å². The lowest BCUT2D eigenvalue weighted by molar-refractivity contribution is 0.273. The van der Waals surface area contributed by atoms with Crippen LogP contribution in [0.15, 0.2) is 53.7 Å². The summed E-state index contributed by atoms with van der Waals surface area (Å²) in [7, 11) is -4.37. The Bertz CT molecular complexity index is 689. The average Bonchev–Trinajstić information content (AvgIpc) is 2.47. The van der Waals surface area contributed by atoms with Crippen LogP contribution >= 0.6 is 0 Å². The molecule has 7 heteroatoms. The first-order valence-corrected chi connectivity index (χ1v) is 7.77. The van der Waals surface area contributed by atoms with Crippen LogP contribution in [0.2, 0.25) is 0 Å². The van der Waals surface area contributed by atoms with Crippen molar-refractivity contribution < 1.29 is 18.1 Å². The highest BCUT2D eigenvalue weighted by Gasteiger charge is 2.18. The molecule has 1 aromatic heterocycles. The van der Waals surface area contributed by atoms with Gasteiger partial charge in [0.2, 0.25) is 0 Å². The number of rotatable bonds is 6. The van der Waals surface area contributed by atoms with Crippen LogP contribution in [0.25, 0.3) is 0 Å². The Kier molecular flexibility index (Phi) is 4.89. The van der Waals surface area contributed by atoms with Gasteiger partial charge < -0.3 is 10.4 Å². The van der Waals surface area contributed by atoms with Crippen molar-refractivity contribution in [1.29, 1.82) is 0 Å². The molecular weight excluding hydrogens is 292 g/mol. The van der Waals surface area contributed by atoms with Crippen LogP contribution in [0, 0.1) is 0 Å². The number of aliphatic hydroxyl groups excluding tert-OH is 1. The summed E-state index contributed by atoms with van der Waals surface area (Å²) < 4.78 is 31.8. The predicted molar refractivity (Wildman–Crippen MR) is 78.7 cm³/mol. The van der Waals surface area contributed by atoms with E-state index in [0.717, 1.165) is 11.8 Å². The van der Waals surface area contributed by atoms with E-state index in [2.05, 4.69) is 10.3 Å². The Morgan fingerprint density at radius 2 is 1.90 bits per heavy atom. The van der Waals surface area contributed by atoms with Crippen LogP contribution in [-0.4, -0.2) is 35.7 Å². The number of benzene rings is 1. The molecule has 0 radical (unpaired) electrons. The molecule has 0 aliphatic heterocycles. The molecule has 0 saturated heterocycles. The third kappa shape index (κ3) is 4.25. The molecule has 0 amide bonds. The van der Waals surface area contributed by atoms with Crippen molar-refractivity contribution in [3.63, 3.8) is 0 Å². The number of hydrogen-bond acceptors (Lipinski definition) is 5. The van der Waals surface area contributed by atoms with Gasteiger partial charge in [0.1, 0.15) is 4.90 Å². The lowest BCUT2D eigenvalue weighted by Gasteiger charge is -2.19. The van der Waals surface area contributed by atoms with Gasteiger partial charge in [-0.15, -0.1) is 0 Å². The van der Waals surface area contributed by atoms with Gasteiger partial charge in [-0.3, -0.25) is 9.54 Å². The third-order valence-corrected chi connectivity index (χ3v) is 3.85. The highest BCUT2D eigenvalue weighted by molar-refractivity contribution is 7.86. The van der Waals surface area contributed by atoms with Crippen molar-refractivity contribution in [3.05, 3.63) is 54.4 Å². The van der Waals surface area contributed by atoms with Crippen LogP contribution in [0.4, 0.5) is 5.69 Å². The summed E-state index contributed by atoms with van der Waals surface area (Å²) in [6.07, 6.45) is 2.99. The zero-order valence-corrected chi connectivity index (χ0v) is 12.0. The number of hydrogen-bond donors (Lipinski definition) is 3. The Balaban J connectivity index is 2.20. The number of aliphatic hydroxyl groups is 1. The minimum absolute atomic E-state index is 0.178. The van der Waals surface area contributed by atoms with Gasteiger partial charge in [0.05, 0.1) is 24.5 Å². The lowest BCUT2D eigenvalue weighted by Crippen LogP contribution is -2.27. The van der Waals surface area contributed by atoms with E-state index in [1.54, 1.807) is 0 Å². The van der Waals surface area contributed by atoms with E-state index in [-0.39, 0.29) is 23.2 Å². The Hall–Kier alpha value is -1.96. The Morgan fingerprint density at radius 1 is 1.19 bits per heavy atom. The molecule has 21 heavy (non-hydrogen) atoms. The van der Waals surface area contributed by atoms with Gasteiger partial charge >= 0.3 is 0 Å². The van der Waals surface area contributed by atoms with Gasteiger partial charge in [-0.05, 0) is 18.1 Å². The molecule has 0 spiro atoms. The number of aromatic nitrogens is 1. The molecule has 3 N–H and O–H groups in total. The van der Waals surface area contributed by atoms with Crippen LogP contribution in [0.1, 0.15) is 5.56 Å². The molecule has 0 fully saturated rings. The van der Waals surface area contributed by atoms with E-state index in [4.69, 9.17) is 0 Å². The SMILES string of the molecule is O=S(=O)(O)c1cnccc1N[C@H](CO)Cc1ccccc1. The molecule has 6 nitrogen and oxygen atoms in total. The zero-order valence-electron chi connectivity index (χ0n) is 11.2. The lowest BCUT2D eigenvalue weighted by atomic mass is 10.1. The van der Waals surface area contributed by atoms with Crippen molar-refractivity contribution in [2.45, 2.75) is 17.4 Å². The summed E-state index contributed by atoms with van der Waals surface area (Å²) in [6, 6.07) is 10.6. The summed E-state index contributed by atoms with van der Waals surface area (Å²) >= 11 is 0. The van der Waals surface area contributed by atoms with Crippen LogP contribution in [-0.2, 0) is 16.5 Å². The maximum atomic E-state index is 11.3. The van der Waals surface area contributed by atoms with E-state index >= 15 is 0 Å². The van der Waals surface area contributed by atoms with E-state index in [9.17, 15) is 18.1 Å². The van der Waals surface area contributed by atoms with Gasteiger partial charge in [0.25, 0.3) is 10.1 Å². The van der Waals surface area contributed by atoms with Crippen molar-refractivity contribution in [2.24, 2.45) is 0 Å². The summed E-state index contributed by atoms with van der Waals surface area (Å²) in [5.41, 5.74) is 1.22. The molecule has 1 aromatic carbocycles. The molecule has 1 atom stereocenters. The fraction of sp³-hybridized carbons (Fsp3) is 0.214. The van der Waals surface area contributed by atoms with Gasteiger partial charge in [0, 0.05) is 6.20 Å². The Morgan fingerprint density at radius 3 is 2.52 bits per heavy atom. The fourth-order valence-electron chi connectivity index (χ4n) is 1.98. The van der Waals surface area contributed by atoms with Crippen LogP contribution in [0.3, 0.4) is 0 Å². The first-order chi connectivity index (χ1) is 10.0. The van der Waals surface area contributed by atoms with E-state index in [1.807, 2.05) is 30.3 Å². The normalized spacial score (nSPS) is 12.9. The third-order valence-electron chi connectivity index (χ3n) is 2.97. The quantitative estimate of drug-likeness (QED) is 0.697. The molecule has 0 saturated carbocycles. The minimum atomic E-state index is -4.37. The Labute approximate surface area is 123 Å². The van der Waals surface area contributed by atoms with Crippen molar-refractivity contribution in [3.8, 4) is 0 Å². The minimum Gasteiger partial charge on any atom is -0.394 e. The summed E-state index contributed by atoms with van der Waals surface area (Å²) in [5, 5.41) is 12.4. The first kappa shape index (κ1) is 15.4. The molecule has 0 unspecified atom stereocenters. The summed E-state index contributed by atoms with van der Waals surface area (Å²) in [6.45, 7) is -0.178. The molecule has 2 aromatic rings. The number of nitrogens with one attached hydrogen (secondary N) is 1. The fourth-order valence-corrected chi connectivity index (χ4v) is 2.58. The molecule has 0 bridgehead atoms. The number of nitrogens with zero attached hydrogens (tertiary/aromatic N) is 1. The molecule has 112 valence electrons. The maximum absolute atomic E-state index is 11.3. The monoisotopic (exact) mass is 308 g/mol. The first-order valence-electron chi connectivity index (χ1n) is 6.33. The van der Waals surface area contributed by atoms with Gasteiger partial charge in [-0.25, -0.2) is 0 Å². The van der Waals surface area contributed by atoms with Crippen LogP contribution in [0.5, 0.6) is 0 Å². The molecule has 0 aliphatic rings. The standard InChI is InChI=1S/C14H16N2O4S/c17-10-12(8-11-4-2-1-3-5-11)16-13-6-7-15-9-14(13)21(18,19)20/h1-7,9,12,17H,8,10H2,(H,15,16)(H,18,19,20)/t12-/m0/s1. The highest BCUT2D eigenvalue weighted by atomic mass is 32.2. The second kappa shape index (κ2) is 6.66. The maximum Gasteiger partial charge on any atom is 0.298 e. The predicted octanol–water partition coefficient (Wildman–Crippen LogP) is 1.34. The zero-order chi connectivity index (χ0) is 15.3. The molecule has 2 rings (SSSR count). The van der Waals surface area contributed by atoms with E-state index in [0.29, 0.717) is 6.42 Å². The summed E-state index contributed by atoms with van der Waals surface area (Å²) in [4.78, 5) is 3.38. The van der Waals surface area contributed by atoms with Crippen molar-refractivity contribution in [1.82, 2.24) is 4.98 Å². The van der Waals surface area contributed by atoms with E-state index in [1.165, 1.54) is 12.3 Å². The van der Waals surface area contributed by atoms with Gasteiger partial charge in [-0.2, -0.15) is 8.42 Å².